The maximum atomic E-state index is 5.78. The second-order valence-corrected chi connectivity index (χ2v) is 5.71. The summed E-state index contributed by atoms with van der Waals surface area (Å²) in [5, 5.41) is 4.43. The highest BCUT2D eigenvalue weighted by atomic mass is 16.5. The number of hydrogen-bond donors (Lipinski definition) is 2. The fourth-order valence-corrected chi connectivity index (χ4v) is 2.71. The summed E-state index contributed by atoms with van der Waals surface area (Å²) in [5.74, 6) is 6.55. The van der Waals surface area contributed by atoms with Crippen molar-refractivity contribution in [2.24, 2.45) is 5.84 Å². The lowest BCUT2D eigenvalue weighted by Gasteiger charge is -2.22. The molecule has 1 aliphatic rings. The third kappa shape index (κ3) is 4.16. The first-order valence-electron chi connectivity index (χ1n) is 7.47. The zero-order valence-electron chi connectivity index (χ0n) is 13.2. The number of rotatable bonds is 8. The smallest absolute Gasteiger partial charge is 0.161 e. The van der Waals surface area contributed by atoms with E-state index >= 15 is 0 Å². The summed E-state index contributed by atoms with van der Waals surface area (Å²) < 4.78 is 13.1. The Balaban J connectivity index is 2.14. The number of likely N-dealkylation sites (N-methyl/N-ethyl adjacent to an activating group) is 1. The lowest BCUT2D eigenvalue weighted by molar-refractivity contribution is 0.0932. The molecule has 1 aromatic rings. The summed E-state index contributed by atoms with van der Waals surface area (Å²) in [4.78, 5) is 2.13. The van der Waals surface area contributed by atoms with Crippen LogP contribution < -0.4 is 16.0 Å². The molecule has 2 atom stereocenters. The van der Waals surface area contributed by atoms with Gasteiger partial charge in [-0.25, -0.2) is 0 Å². The Kier molecular flexibility index (Phi) is 5.98. The quantitative estimate of drug-likeness (QED) is 0.538. The predicted octanol–water partition coefficient (Wildman–Crippen LogP) is 0.527. The van der Waals surface area contributed by atoms with E-state index in [1.54, 1.807) is 13.3 Å². The van der Waals surface area contributed by atoms with Gasteiger partial charge in [0.1, 0.15) is 0 Å². The Morgan fingerprint density at radius 1 is 1.62 bits per heavy atom. The van der Waals surface area contributed by atoms with Crippen molar-refractivity contribution < 1.29 is 9.47 Å². The van der Waals surface area contributed by atoms with Gasteiger partial charge in [0.25, 0.3) is 0 Å². The van der Waals surface area contributed by atoms with Gasteiger partial charge < -0.3 is 14.4 Å². The molecule has 0 amide bonds. The van der Waals surface area contributed by atoms with Crippen molar-refractivity contribution in [3.8, 4) is 5.75 Å². The highest BCUT2D eigenvalue weighted by Crippen LogP contribution is 2.30. The number of nitrogens with one attached hydrogen (secondary N) is 1. The number of hydrazine groups is 1. The first-order chi connectivity index (χ1) is 10.2. The van der Waals surface area contributed by atoms with Gasteiger partial charge in [0.2, 0.25) is 0 Å². The van der Waals surface area contributed by atoms with Crippen LogP contribution in [0.3, 0.4) is 0 Å². The van der Waals surface area contributed by atoms with Crippen molar-refractivity contribution in [2.75, 3.05) is 34.4 Å². The van der Waals surface area contributed by atoms with Crippen LogP contribution >= 0.6 is 0 Å². The van der Waals surface area contributed by atoms with Gasteiger partial charge in [0.05, 0.1) is 37.7 Å². The van der Waals surface area contributed by atoms with Gasteiger partial charge in [-0.15, -0.1) is 0 Å². The van der Waals surface area contributed by atoms with Crippen LogP contribution in [0.5, 0.6) is 5.75 Å². The molecule has 21 heavy (non-hydrogen) atoms. The Hall–Kier alpha value is -1.15. The number of nitrogens with zero attached hydrogens (tertiary/aromatic N) is 3. The summed E-state index contributed by atoms with van der Waals surface area (Å²) in [6, 6.07) is -0.0206. The van der Waals surface area contributed by atoms with Gasteiger partial charge in [-0.2, -0.15) is 5.10 Å². The van der Waals surface area contributed by atoms with E-state index in [4.69, 9.17) is 15.3 Å². The van der Waals surface area contributed by atoms with Gasteiger partial charge in [0.15, 0.2) is 5.75 Å². The van der Waals surface area contributed by atoms with Gasteiger partial charge >= 0.3 is 0 Å². The zero-order chi connectivity index (χ0) is 15.2. The fraction of sp³-hybridized carbons (Fsp3) is 0.786. The van der Waals surface area contributed by atoms with Crippen LogP contribution in [-0.4, -0.2) is 55.1 Å². The molecule has 1 aromatic heterocycles. The molecule has 0 saturated carbocycles. The van der Waals surface area contributed by atoms with Crippen LogP contribution in [0.25, 0.3) is 0 Å². The number of ether oxygens (including phenoxy) is 2. The number of aromatic nitrogens is 2. The molecule has 1 aliphatic heterocycles. The average molecular weight is 297 g/mol. The van der Waals surface area contributed by atoms with E-state index in [9.17, 15) is 0 Å². The average Bonchev–Trinajstić information content (AvgIpc) is 3.11. The first kappa shape index (κ1) is 16.2. The van der Waals surface area contributed by atoms with Gasteiger partial charge in [-0.1, -0.05) is 0 Å². The van der Waals surface area contributed by atoms with Crippen LogP contribution in [-0.2, 0) is 11.3 Å². The maximum absolute atomic E-state index is 5.78. The molecular weight excluding hydrogens is 270 g/mol. The molecule has 7 heteroatoms. The summed E-state index contributed by atoms with van der Waals surface area (Å²) in [6.07, 6.45) is 5.06. The van der Waals surface area contributed by atoms with Crippen molar-refractivity contribution >= 4 is 0 Å². The fourth-order valence-electron chi connectivity index (χ4n) is 2.71. The van der Waals surface area contributed by atoms with Crippen molar-refractivity contribution in [1.29, 1.82) is 0 Å². The van der Waals surface area contributed by atoms with Crippen LogP contribution in [0.2, 0.25) is 0 Å². The highest BCUT2D eigenvalue weighted by Gasteiger charge is 2.26. The minimum absolute atomic E-state index is 0.0206. The largest absolute Gasteiger partial charge is 0.493 e. The normalized spacial score (nSPS) is 20.1. The van der Waals surface area contributed by atoms with Crippen LogP contribution in [0.4, 0.5) is 0 Å². The van der Waals surface area contributed by atoms with Gasteiger partial charge in [-0.3, -0.25) is 16.0 Å². The van der Waals surface area contributed by atoms with Gasteiger partial charge in [0, 0.05) is 13.2 Å². The first-order valence-corrected chi connectivity index (χ1v) is 7.47. The zero-order valence-corrected chi connectivity index (χ0v) is 13.2. The standard InChI is InChI=1S/C14H27N5O2/c1-18(2)6-7-19-14(13(20-3)10-16-19)12(17-15)9-11-5-4-8-21-11/h10-12,17H,4-9,15H2,1-3H3. The Labute approximate surface area is 126 Å². The Morgan fingerprint density at radius 2 is 2.43 bits per heavy atom. The summed E-state index contributed by atoms with van der Waals surface area (Å²) >= 11 is 0. The summed E-state index contributed by atoms with van der Waals surface area (Å²) in [5.41, 5.74) is 3.90. The molecule has 7 nitrogen and oxygen atoms in total. The molecule has 120 valence electrons. The van der Waals surface area contributed by atoms with E-state index in [1.165, 1.54) is 0 Å². The van der Waals surface area contributed by atoms with E-state index in [1.807, 2.05) is 18.8 Å². The molecule has 1 fully saturated rings. The molecule has 3 N–H and O–H groups in total. The van der Waals surface area contributed by atoms with Gasteiger partial charge in [-0.05, 0) is 33.4 Å². The minimum Gasteiger partial charge on any atom is -0.493 e. The molecule has 0 aliphatic carbocycles. The van der Waals surface area contributed by atoms with E-state index in [-0.39, 0.29) is 12.1 Å². The maximum Gasteiger partial charge on any atom is 0.161 e. The summed E-state index contributed by atoms with van der Waals surface area (Å²) in [7, 11) is 5.76. The second-order valence-electron chi connectivity index (χ2n) is 5.71. The topological polar surface area (TPSA) is 77.6 Å². The predicted molar refractivity (Wildman–Crippen MR) is 81.0 cm³/mol. The van der Waals surface area contributed by atoms with E-state index < -0.39 is 0 Å². The van der Waals surface area contributed by atoms with E-state index in [0.717, 1.165) is 50.4 Å². The number of nitrogens with two attached hydrogens (primary N) is 1. The molecule has 0 spiro atoms. The third-order valence-electron chi connectivity index (χ3n) is 3.88. The minimum atomic E-state index is -0.0206. The molecule has 0 bridgehead atoms. The monoisotopic (exact) mass is 297 g/mol. The molecule has 2 rings (SSSR count). The lowest BCUT2D eigenvalue weighted by Crippen LogP contribution is -2.33. The van der Waals surface area contributed by atoms with Crippen molar-refractivity contribution in [1.82, 2.24) is 20.1 Å². The molecule has 1 saturated heterocycles. The van der Waals surface area contributed by atoms with Crippen LogP contribution in [0.15, 0.2) is 6.20 Å². The van der Waals surface area contributed by atoms with Crippen molar-refractivity contribution in [3.05, 3.63) is 11.9 Å². The molecule has 0 aromatic carbocycles. The highest BCUT2D eigenvalue weighted by molar-refractivity contribution is 5.28. The molecule has 0 radical (unpaired) electrons. The molecular formula is C14H27N5O2. The third-order valence-corrected chi connectivity index (χ3v) is 3.88. The van der Waals surface area contributed by atoms with Crippen molar-refractivity contribution in [3.63, 3.8) is 0 Å². The van der Waals surface area contributed by atoms with E-state index in [0.29, 0.717) is 0 Å². The molecule has 2 unspecified atom stereocenters. The number of hydrogen-bond acceptors (Lipinski definition) is 6. The molecule has 2 heterocycles. The Bertz CT molecular complexity index is 429. The van der Waals surface area contributed by atoms with Crippen molar-refractivity contribution in [2.45, 2.75) is 38.0 Å². The lowest BCUT2D eigenvalue weighted by atomic mass is 10.0. The second kappa shape index (κ2) is 7.74. The van der Waals surface area contributed by atoms with Crippen LogP contribution in [0, 0.1) is 0 Å². The van der Waals surface area contributed by atoms with E-state index in [2.05, 4.69) is 15.4 Å². The Morgan fingerprint density at radius 3 is 3.00 bits per heavy atom. The van der Waals surface area contributed by atoms with Crippen LogP contribution in [0.1, 0.15) is 31.0 Å². The summed E-state index contributed by atoms with van der Waals surface area (Å²) in [6.45, 7) is 2.56. The SMILES string of the molecule is COc1cnn(CCN(C)C)c1C(CC1CCCO1)NN. The number of methoxy groups -OCH3 is 1.